The van der Waals surface area contributed by atoms with E-state index in [2.05, 4.69) is 81.9 Å². The number of rotatable bonds is 4. The molecule has 3 aromatic rings. The van der Waals surface area contributed by atoms with E-state index in [0.717, 1.165) is 23.0 Å². The van der Waals surface area contributed by atoms with Gasteiger partial charge in [0, 0.05) is 15.6 Å². The lowest BCUT2D eigenvalue weighted by molar-refractivity contribution is -0.146. The van der Waals surface area contributed by atoms with Gasteiger partial charge in [0.1, 0.15) is 6.04 Å². The van der Waals surface area contributed by atoms with Gasteiger partial charge in [-0.15, -0.1) is 0 Å². The number of ether oxygens (including phenoxy) is 1. The number of nitrogens with one attached hydrogen (secondary N) is 1. The lowest BCUT2D eigenvalue weighted by Crippen LogP contribution is -2.56. The predicted molar refractivity (Wildman–Crippen MR) is 123 cm³/mol. The summed E-state index contributed by atoms with van der Waals surface area (Å²) >= 11 is 3.69. The molecule has 1 unspecified atom stereocenters. The van der Waals surface area contributed by atoms with Crippen molar-refractivity contribution < 1.29 is 9.53 Å². The van der Waals surface area contributed by atoms with Crippen molar-refractivity contribution in [3.05, 3.63) is 100 Å². The smallest absolute Gasteiger partial charge is 0.329 e. The Hall–Kier alpha value is -2.59. The summed E-state index contributed by atoms with van der Waals surface area (Å²) < 4.78 is 6.58. The van der Waals surface area contributed by atoms with Crippen molar-refractivity contribution in [3.63, 3.8) is 0 Å². The number of hydrogen-bond donors (Lipinski definition) is 1. The second-order valence-corrected chi connectivity index (χ2v) is 9.07. The Labute approximate surface area is 185 Å². The number of benzene rings is 3. The van der Waals surface area contributed by atoms with E-state index in [4.69, 9.17) is 4.74 Å². The molecule has 2 aliphatic rings. The molecule has 0 aromatic heterocycles. The fourth-order valence-corrected chi connectivity index (χ4v) is 5.83. The predicted octanol–water partition coefficient (Wildman–Crippen LogP) is 5.92. The molecule has 3 nitrogen and oxygen atoms in total. The molecule has 5 rings (SSSR count). The van der Waals surface area contributed by atoms with Crippen LogP contribution in [0.3, 0.4) is 0 Å². The summed E-state index contributed by atoms with van der Waals surface area (Å²) in [4.78, 5) is 13.2. The first-order valence-electron chi connectivity index (χ1n) is 10.5. The quantitative estimate of drug-likeness (QED) is 0.489. The lowest BCUT2D eigenvalue weighted by atomic mass is 9.55. The van der Waals surface area contributed by atoms with Gasteiger partial charge in [0.2, 0.25) is 0 Å². The van der Waals surface area contributed by atoms with E-state index in [-0.39, 0.29) is 11.4 Å². The maximum atomic E-state index is 13.2. The molecule has 0 saturated heterocycles. The minimum absolute atomic E-state index is 0.167. The van der Waals surface area contributed by atoms with Gasteiger partial charge in [0.15, 0.2) is 0 Å². The van der Waals surface area contributed by atoms with Gasteiger partial charge in [-0.3, -0.25) is 0 Å². The minimum Gasteiger partial charge on any atom is -0.464 e. The molecular weight excluding hydrogens is 438 g/mol. The van der Waals surface area contributed by atoms with Gasteiger partial charge in [-0.05, 0) is 54.7 Å². The second-order valence-electron chi connectivity index (χ2n) is 8.16. The normalized spacial score (nSPS) is 20.1. The number of carbonyl (C=O) groups excluding carboxylic acids is 1. The fourth-order valence-electron chi connectivity index (χ4n) is 5.47. The summed E-state index contributed by atoms with van der Waals surface area (Å²) in [5.41, 5.74) is 3.88. The molecule has 0 amide bonds. The van der Waals surface area contributed by atoms with Crippen LogP contribution in [0.1, 0.15) is 36.5 Å². The molecule has 3 aromatic carbocycles. The van der Waals surface area contributed by atoms with Gasteiger partial charge in [-0.1, -0.05) is 76.6 Å². The van der Waals surface area contributed by atoms with E-state index in [0.29, 0.717) is 6.61 Å². The second kappa shape index (κ2) is 7.28. The Morgan fingerprint density at radius 1 is 1.00 bits per heavy atom. The molecule has 1 heterocycles. The van der Waals surface area contributed by atoms with Crippen molar-refractivity contribution in [2.24, 2.45) is 5.41 Å². The zero-order valence-electron chi connectivity index (χ0n) is 16.9. The average Bonchev–Trinajstić information content (AvgIpc) is 3.56. The van der Waals surface area contributed by atoms with Gasteiger partial charge in [-0.2, -0.15) is 0 Å². The molecule has 4 heteroatoms. The van der Waals surface area contributed by atoms with E-state index in [1.165, 1.54) is 16.7 Å². The number of esters is 1. The van der Waals surface area contributed by atoms with Crippen LogP contribution in [0.4, 0.5) is 5.69 Å². The third-order valence-electron chi connectivity index (χ3n) is 6.71. The van der Waals surface area contributed by atoms with Crippen LogP contribution in [0, 0.1) is 5.41 Å². The Morgan fingerprint density at radius 3 is 2.13 bits per heavy atom. The van der Waals surface area contributed by atoms with Gasteiger partial charge in [0.05, 0.1) is 12.0 Å². The van der Waals surface area contributed by atoms with Crippen LogP contribution in [0.15, 0.2) is 83.3 Å². The summed E-state index contributed by atoms with van der Waals surface area (Å²) in [6.07, 6.45) is 1.92. The summed E-state index contributed by atoms with van der Waals surface area (Å²) in [7, 11) is 0. The van der Waals surface area contributed by atoms with Crippen molar-refractivity contribution in [2.45, 2.75) is 31.2 Å². The molecule has 1 saturated carbocycles. The highest BCUT2D eigenvalue weighted by Gasteiger charge is 2.69. The highest BCUT2D eigenvalue weighted by atomic mass is 79.9. The monoisotopic (exact) mass is 461 g/mol. The van der Waals surface area contributed by atoms with E-state index in [1.807, 2.05) is 25.1 Å². The van der Waals surface area contributed by atoms with Crippen molar-refractivity contribution >= 4 is 27.6 Å². The fraction of sp³-hybridized carbons (Fsp3) is 0.269. The van der Waals surface area contributed by atoms with Crippen molar-refractivity contribution in [3.8, 4) is 0 Å². The first kappa shape index (κ1) is 19.4. The van der Waals surface area contributed by atoms with E-state index in [9.17, 15) is 4.79 Å². The number of halogens is 1. The SMILES string of the molecule is CCOC(=O)C1Nc2ccc(Br)cc2C(c2ccccc2)(c2ccccc2)C12CC2. The zero-order valence-corrected chi connectivity index (χ0v) is 18.5. The highest BCUT2D eigenvalue weighted by Crippen LogP contribution is 2.70. The Bertz CT molecular complexity index is 1040. The van der Waals surface area contributed by atoms with Crippen LogP contribution in [0.2, 0.25) is 0 Å². The van der Waals surface area contributed by atoms with Crippen LogP contribution < -0.4 is 5.32 Å². The molecule has 0 radical (unpaired) electrons. The summed E-state index contributed by atoms with van der Waals surface area (Å²) in [5, 5.41) is 3.56. The Kier molecular flexibility index (Phi) is 4.70. The maximum absolute atomic E-state index is 13.2. The molecule has 1 aliphatic carbocycles. The van der Waals surface area contributed by atoms with Crippen LogP contribution in [0.25, 0.3) is 0 Å². The number of anilines is 1. The zero-order chi connectivity index (χ0) is 20.8. The number of fused-ring (bicyclic) bond motifs is 1. The summed E-state index contributed by atoms with van der Waals surface area (Å²) in [6.45, 7) is 2.25. The first-order chi connectivity index (χ1) is 14.6. The van der Waals surface area contributed by atoms with Crippen LogP contribution in [-0.2, 0) is 14.9 Å². The largest absolute Gasteiger partial charge is 0.464 e. The van der Waals surface area contributed by atoms with Gasteiger partial charge in [-0.25, -0.2) is 4.79 Å². The van der Waals surface area contributed by atoms with E-state index < -0.39 is 11.5 Å². The molecule has 152 valence electrons. The van der Waals surface area contributed by atoms with Crippen molar-refractivity contribution in [2.75, 3.05) is 11.9 Å². The first-order valence-corrected chi connectivity index (χ1v) is 11.3. The van der Waals surface area contributed by atoms with E-state index in [1.54, 1.807) is 0 Å². The van der Waals surface area contributed by atoms with Crippen LogP contribution in [-0.4, -0.2) is 18.6 Å². The molecule has 1 spiro atoms. The molecular formula is C26H24BrNO2. The van der Waals surface area contributed by atoms with Crippen LogP contribution in [0.5, 0.6) is 0 Å². The molecule has 1 aliphatic heterocycles. The maximum Gasteiger partial charge on any atom is 0.329 e. The lowest BCUT2D eigenvalue weighted by Gasteiger charge is -2.51. The Morgan fingerprint density at radius 2 is 1.60 bits per heavy atom. The molecule has 0 bridgehead atoms. The van der Waals surface area contributed by atoms with Gasteiger partial charge < -0.3 is 10.1 Å². The van der Waals surface area contributed by atoms with Gasteiger partial charge >= 0.3 is 5.97 Å². The molecule has 30 heavy (non-hydrogen) atoms. The minimum atomic E-state index is -0.447. The summed E-state index contributed by atoms with van der Waals surface area (Å²) in [6, 6.07) is 27.2. The molecule has 1 fully saturated rings. The number of carbonyl (C=O) groups is 1. The molecule has 1 N–H and O–H groups in total. The topological polar surface area (TPSA) is 38.3 Å². The third kappa shape index (κ3) is 2.66. The average molecular weight is 462 g/mol. The third-order valence-corrected chi connectivity index (χ3v) is 7.20. The summed E-state index contributed by atoms with van der Waals surface area (Å²) in [5.74, 6) is -0.167. The molecule has 1 atom stereocenters. The van der Waals surface area contributed by atoms with Crippen molar-refractivity contribution in [1.29, 1.82) is 0 Å². The standard InChI is InChI=1S/C26H24BrNO2/c1-2-30-24(29)23-25(15-16-25)26(18-9-5-3-6-10-18,19-11-7-4-8-12-19)21-17-20(27)13-14-22(21)28-23/h3-14,17,23,28H,2,15-16H2,1H3. The highest BCUT2D eigenvalue weighted by molar-refractivity contribution is 9.10. The number of hydrogen-bond acceptors (Lipinski definition) is 3. The van der Waals surface area contributed by atoms with Crippen molar-refractivity contribution in [1.82, 2.24) is 0 Å². The van der Waals surface area contributed by atoms with Gasteiger partial charge in [0.25, 0.3) is 0 Å². The Balaban J connectivity index is 1.88. The van der Waals surface area contributed by atoms with E-state index >= 15 is 0 Å². The van der Waals surface area contributed by atoms with Crippen LogP contribution >= 0.6 is 15.9 Å².